The maximum absolute atomic E-state index is 14.6. The van der Waals surface area contributed by atoms with Gasteiger partial charge in [-0.05, 0) is 0 Å². The van der Waals surface area contributed by atoms with E-state index < -0.39 is 11.6 Å². The van der Waals surface area contributed by atoms with E-state index in [-0.39, 0.29) is 20.4 Å². The van der Waals surface area contributed by atoms with E-state index >= 15 is 0 Å². The molecule has 3 rings (SSSR count). The fourth-order valence-electron chi connectivity index (χ4n) is 3.53. The molecule has 0 amide bonds. The van der Waals surface area contributed by atoms with Gasteiger partial charge in [-0.15, -0.1) is 0 Å². The second-order valence-corrected chi connectivity index (χ2v) is 9.07. The van der Waals surface area contributed by atoms with Gasteiger partial charge in [-0.2, -0.15) is 0 Å². The van der Waals surface area contributed by atoms with Gasteiger partial charge in [0.05, 0.1) is 0 Å². The summed E-state index contributed by atoms with van der Waals surface area (Å²) in [4.78, 5) is 0. The molecule has 0 atom stereocenters. The predicted octanol–water partition coefficient (Wildman–Crippen LogP) is 5.68. The first-order valence-corrected chi connectivity index (χ1v) is 9.86. The zero-order chi connectivity index (χ0) is 15.7. The maximum atomic E-state index is 14.6. The standard InChI is InChI=1S/C19H22F2Se/c1-3-13-5-7-14(8-6-13)15-9-10-16(19(21)18(15)20)17-11-4-12(2)22-17/h4,9-11,13-14H,3,5-8H2,1-2H3. The summed E-state index contributed by atoms with van der Waals surface area (Å²) in [6.45, 7) is 4.26. The van der Waals surface area contributed by atoms with Crippen LogP contribution in [0.2, 0.25) is 0 Å². The summed E-state index contributed by atoms with van der Waals surface area (Å²) in [5, 5.41) is 0. The van der Waals surface area contributed by atoms with Crippen LogP contribution in [0.25, 0.3) is 10.0 Å². The van der Waals surface area contributed by atoms with Gasteiger partial charge in [-0.1, -0.05) is 0 Å². The Morgan fingerprint density at radius 2 is 1.73 bits per heavy atom. The van der Waals surface area contributed by atoms with Crippen molar-refractivity contribution in [3.05, 3.63) is 45.9 Å². The molecule has 3 heteroatoms. The summed E-state index contributed by atoms with van der Waals surface area (Å²) in [6, 6.07) is 7.56. The van der Waals surface area contributed by atoms with E-state index in [1.165, 1.54) is 10.9 Å². The Bertz CT molecular complexity index is 651. The molecule has 0 aliphatic heterocycles. The Morgan fingerprint density at radius 3 is 2.32 bits per heavy atom. The first-order valence-electron chi connectivity index (χ1n) is 8.14. The normalized spacial score (nSPS) is 22.0. The van der Waals surface area contributed by atoms with Crippen LogP contribution in [0.5, 0.6) is 0 Å². The van der Waals surface area contributed by atoms with Gasteiger partial charge in [-0.25, -0.2) is 0 Å². The first-order chi connectivity index (χ1) is 10.6. The Kier molecular flexibility index (Phi) is 4.84. The summed E-state index contributed by atoms with van der Waals surface area (Å²) in [6.07, 6.45) is 5.46. The van der Waals surface area contributed by atoms with Gasteiger partial charge in [0, 0.05) is 0 Å². The molecular weight excluding hydrogens is 345 g/mol. The molecule has 1 aromatic heterocycles. The van der Waals surface area contributed by atoms with Crippen molar-refractivity contribution >= 4 is 14.5 Å². The van der Waals surface area contributed by atoms with Crippen LogP contribution in [0.1, 0.15) is 54.9 Å². The van der Waals surface area contributed by atoms with E-state index in [0.717, 1.165) is 36.0 Å². The molecule has 0 radical (unpaired) electrons. The van der Waals surface area contributed by atoms with Crippen LogP contribution in [-0.4, -0.2) is 14.5 Å². The minimum absolute atomic E-state index is 0.133. The van der Waals surface area contributed by atoms with Gasteiger partial charge in [0.2, 0.25) is 0 Å². The topological polar surface area (TPSA) is 0 Å². The molecule has 1 heterocycles. The molecule has 0 saturated heterocycles. The van der Waals surface area contributed by atoms with E-state index in [4.69, 9.17) is 0 Å². The van der Waals surface area contributed by atoms with Crippen LogP contribution >= 0.6 is 0 Å². The van der Waals surface area contributed by atoms with Gasteiger partial charge >= 0.3 is 137 Å². The van der Waals surface area contributed by atoms with E-state index in [2.05, 4.69) is 6.92 Å². The fraction of sp³-hybridized carbons (Fsp3) is 0.474. The first kappa shape index (κ1) is 16.0. The monoisotopic (exact) mass is 368 g/mol. The van der Waals surface area contributed by atoms with E-state index in [0.29, 0.717) is 11.1 Å². The van der Waals surface area contributed by atoms with E-state index in [1.54, 1.807) is 6.07 Å². The Labute approximate surface area is 137 Å². The molecule has 1 saturated carbocycles. The molecule has 118 valence electrons. The van der Waals surface area contributed by atoms with Gasteiger partial charge in [-0.3, -0.25) is 0 Å². The number of hydrogen-bond acceptors (Lipinski definition) is 0. The van der Waals surface area contributed by atoms with Crippen LogP contribution in [0.4, 0.5) is 8.78 Å². The van der Waals surface area contributed by atoms with Gasteiger partial charge in [0.25, 0.3) is 0 Å². The fourth-order valence-corrected chi connectivity index (χ4v) is 5.39. The van der Waals surface area contributed by atoms with Crippen molar-refractivity contribution in [1.82, 2.24) is 0 Å². The average Bonchev–Trinajstić information content (AvgIpc) is 2.96. The zero-order valence-corrected chi connectivity index (χ0v) is 14.9. The summed E-state index contributed by atoms with van der Waals surface area (Å²) >= 11 is 0.133. The molecule has 0 spiro atoms. The molecule has 0 bridgehead atoms. The average molecular weight is 367 g/mol. The quantitative estimate of drug-likeness (QED) is 0.612. The molecule has 1 aromatic carbocycles. The Morgan fingerprint density at radius 1 is 1.00 bits per heavy atom. The number of aryl methyl sites for hydroxylation is 1. The predicted molar refractivity (Wildman–Crippen MR) is 88.5 cm³/mol. The molecular formula is C19H22F2Se. The van der Waals surface area contributed by atoms with Gasteiger partial charge in [0.15, 0.2) is 0 Å². The van der Waals surface area contributed by atoms with Crippen molar-refractivity contribution in [3.63, 3.8) is 0 Å². The summed E-state index contributed by atoms with van der Waals surface area (Å²) in [7, 11) is 0. The van der Waals surface area contributed by atoms with Crippen molar-refractivity contribution < 1.29 is 8.78 Å². The van der Waals surface area contributed by atoms with E-state index in [1.807, 2.05) is 25.1 Å². The number of rotatable bonds is 3. The summed E-state index contributed by atoms with van der Waals surface area (Å²) < 4.78 is 31.3. The number of hydrogen-bond donors (Lipinski definition) is 0. The van der Waals surface area contributed by atoms with Crippen LogP contribution in [-0.2, 0) is 0 Å². The number of halogens is 2. The van der Waals surface area contributed by atoms with Crippen LogP contribution in [0.15, 0.2) is 24.3 Å². The zero-order valence-electron chi connectivity index (χ0n) is 13.2. The van der Waals surface area contributed by atoms with Crippen LogP contribution in [0, 0.1) is 24.5 Å². The number of benzene rings is 1. The SMILES string of the molecule is CCC1CCC(c2ccc(-c3ccc(C)[se]3)c(F)c2F)CC1. The summed E-state index contributed by atoms with van der Waals surface area (Å²) in [5.41, 5.74) is 1.04. The second kappa shape index (κ2) is 6.68. The van der Waals surface area contributed by atoms with Crippen molar-refractivity contribution in [1.29, 1.82) is 0 Å². The van der Waals surface area contributed by atoms with Crippen molar-refractivity contribution in [3.8, 4) is 10.0 Å². The van der Waals surface area contributed by atoms with E-state index in [9.17, 15) is 8.78 Å². The molecule has 0 N–H and O–H groups in total. The second-order valence-electron chi connectivity index (χ2n) is 6.37. The molecule has 1 aliphatic carbocycles. The summed E-state index contributed by atoms with van der Waals surface area (Å²) in [5.74, 6) is -0.303. The molecule has 22 heavy (non-hydrogen) atoms. The Hall–Kier alpha value is -0.921. The Balaban J connectivity index is 1.87. The third kappa shape index (κ3) is 3.07. The van der Waals surface area contributed by atoms with Gasteiger partial charge < -0.3 is 0 Å². The molecule has 0 unspecified atom stereocenters. The van der Waals surface area contributed by atoms with Crippen molar-refractivity contribution in [2.24, 2.45) is 5.92 Å². The molecule has 1 aliphatic rings. The molecule has 2 aromatic rings. The third-order valence-corrected chi connectivity index (χ3v) is 7.15. The van der Waals surface area contributed by atoms with Crippen molar-refractivity contribution in [2.75, 3.05) is 0 Å². The third-order valence-electron chi connectivity index (χ3n) is 4.98. The van der Waals surface area contributed by atoms with Gasteiger partial charge in [0.1, 0.15) is 0 Å². The van der Waals surface area contributed by atoms with Crippen LogP contribution in [0.3, 0.4) is 0 Å². The van der Waals surface area contributed by atoms with Crippen molar-refractivity contribution in [2.45, 2.75) is 51.9 Å². The molecule has 0 nitrogen and oxygen atoms in total. The molecule has 1 fully saturated rings. The minimum atomic E-state index is -0.647. The van der Waals surface area contributed by atoms with Crippen LogP contribution < -0.4 is 0 Å².